The highest BCUT2D eigenvalue weighted by Crippen LogP contribution is 1.94. The maximum atomic E-state index is 11.3. The summed E-state index contributed by atoms with van der Waals surface area (Å²) in [7, 11) is 1.19. The second kappa shape index (κ2) is 7.26. The summed E-state index contributed by atoms with van der Waals surface area (Å²) in [5.41, 5.74) is 0. The van der Waals surface area contributed by atoms with Crippen LogP contribution in [-0.2, 0) is 14.3 Å². The Morgan fingerprint density at radius 2 is 2.00 bits per heavy atom. The van der Waals surface area contributed by atoms with Gasteiger partial charge in [-0.3, -0.25) is 0 Å². The summed E-state index contributed by atoms with van der Waals surface area (Å²) in [5.74, 6) is -1.79. The summed E-state index contributed by atoms with van der Waals surface area (Å²) in [4.78, 5) is 33.1. The molecule has 2 amide bonds. The van der Waals surface area contributed by atoms with Crippen LogP contribution in [0.2, 0.25) is 0 Å². The van der Waals surface area contributed by atoms with E-state index >= 15 is 0 Å². The first-order valence-electron chi connectivity index (χ1n) is 4.91. The number of aliphatic carboxylic acids is 1. The minimum Gasteiger partial charge on any atom is -0.480 e. The molecular weight excluding hydrogens is 228 g/mol. The van der Waals surface area contributed by atoms with Crippen molar-refractivity contribution in [2.24, 2.45) is 0 Å². The van der Waals surface area contributed by atoms with Gasteiger partial charge in [-0.05, 0) is 13.3 Å². The van der Waals surface area contributed by atoms with Crippen LogP contribution in [0.4, 0.5) is 4.79 Å². The van der Waals surface area contributed by atoms with Gasteiger partial charge in [0.15, 0.2) is 0 Å². The van der Waals surface area contributed by atoms with Crippen LogP contribution >= 0.6 is 0 Å². The highest BCUT2D eigenvalue weighted by atomic mass is 16.5. The molecule has 0 fully saturated rings. The van der Waals surface area contributed by atoms with Gasteiger partial charge < -0.3 is 20.5 Å². The van der Waals surface area contributed by atoms with Gasteiger partial charge in [-0.1, -0.05) is 6.08 Å². The number of hydrogen-bond acceptors (Lipinski definition) is 4. The molecule has 0 aliphatic carbocycles. The Balaban J connectivity index is 4.28. The van der Waals surface area contributed by atoms with Crippen molar-refractivity contribution in [2.75, 3.05) is 7.11 Å². The number of carbonyl (C=O) groups is 3. The van der Waals surface area contributed by atoms with E-state index in [1.165, 1.54) is 20.1 Å². The third-order valence-electron chi connectivity index (χ3n) is 1.91. The minimum absolute atomic E-state index is 0.0926. The Morgan fingerprint density at radius 1 is 1.41 bits per heavy atom. The van der Waals surface area contributed by atoms with Gasteiger partial charge in [-0.15, -0.1) is 6.58 Å². The van der Waals surface area contributed by atoms with Gasteiger partial charge in [0.05, 0.1) is 7.11 Å². The number of ether oxygens (including phenoxy) is 1. The van der Waals surface area contributed by atoms with E-state index < -0.39 is 30.1 Å². The number of nitrogens with one attached hydrogen (secondary N) is 2. The Morgan fingerprint density at radius 3 is 2.41 bits per heavy atom. The molecule has 0 spiro atoms. The van der Waals surface area contributed by atoms with Gasteiger partial charge >= 0.3 is 18.0 Å². The predicted octanol–water partition coefficient (Wildman–Crippen LogP) is -0.124. The molecule has 0 aromatic rings. The lowest BCUT2D eigenvalue weighted by molar-refractivity contribution is -0.142. The van der Waals surface area contributed by atoms with E-state index in [0.29, 0.717) is 0 Å². The first-order chi connectivity index (χ1) is 7.92. The molecule has 3 N–H and O–H groups in total. The molecule has 0 saturated heterocycles. The average molecular weight is 244 g/mol. The number of esters is 1. The summed E-state index contributed by atoms with van der Waals surface area (Å²) < 4.78 is 4.40. The smallest absolute Gasteiger partial charge is 0.328 e. The maximum absolute atomic E-state index is 11.3. The van der Waals surface area contributed by atoms with Crippen molar-refractivity contribution in [1.82, 2.24) is 10.6 Å². The van der Waals surface area contributed by atoms with Gasteiger partial charge in [0.2, 0.25) is 0 Å². The van der Waals surface area contributed by atoms with Crippen molar-refractivity contribution in [3.63, 3.8) is 0 Å². The largest absolute Gasteiger partial charge is 0.480 e. The number of urea groups is 1. The quantitative estimate of drug-likeness (QED) is 0.446. The minimum atomic E-state index is -1.18. The molecule has 0 aromatic heterocycles. The molecule has 0 aliphatic rings. The molecule has 2 atom stereocenters. The van der Waals surface area contributed by atoms with E-state index in [-0.39, 0.29) is 6.42 Å². The summed E-state index contributed by atoms with van der Waals surface area (Å²) in [6.45, 7) is 4.81. The first kappa shape index (κ1) is 14.9. The van der Waals surface area contributed by atoms with Crippen LogP contribution < -0.4 is 10.6 Å². The number of amides is 2. The van der Waals surface area contributed by atoms with Crippen molar-refractivity contribution in [1.29, 1.82) is 0 Å². The molecule has 96 valence electrons. The van der Waals surface area contributed by atoms with Crippen molar-refractivity contribution in [3.8, 4) is 0 Å². The molecule has 0 saturated carbocycles. The number of carbonyl (C=O) groups excluding carboxylic acids is 2. The Labute approximate surface area is 98.8 Å². The normalized spacial score (nSPS) is 13.1. The van der Waals surface area contributed by atoms with Crippen molar-refractivity contribution < 1.29 is 24.2 Å². The Bertz CT molecular complexity index is 316. The number of carboxylic acids is 1. The SMILES string of the molecule is C=CCC(NC(=O)NC(C)C(=O)OC)C(=O)O. The van der Waals surface area contributed by atoms with E-state index in [9.17, 15) is 14.4 Å². The average Bonchev–Trinajstić information content (AvgIpc) is 2.26. The topological polar surface area (TPSA) is 105 Å². The lowest BCUT2D eigenvalue weighted by atomic mass is 10.2. The number of carboxylic acid groups (broad SMARTS) is 1. The lowest BCUT2D eigenvalue weighted by Crippen LogP contribution is -2.50. The van der Waals surface area contributed by atoms with Crippen molar-refractivity contribution >= 4 is 18.0 Å². The fraction of sp³-hybridized carbons (Fsp3) is 0.500. The maximum Gasteiger partial charge on any atom is 0.328 e. The summed E-state index contributed by atoms with van der Waals surface area (Å²) in [6.07, 6.45) is 1.47. The molecule has 0 heterocycles. The molecule has 7 nitrogen and oxygen atoms in total. The van der Waals surface area contributed by atoms with Crippen LogP contribution in [0.3, 0.4) is 0 Å². The monoisotopic (exact) mass is 244 g/mol. The van der Waals surface area contributed by atoms with Crippen LogP contribution in [0.1, 0.15) is 13.3 Å². The molecule has 17 heavy (non-hydrogen) atoms. The molecule has 0 radical (unpaired) electrons. The van der Waals surface area contributed by atoms with E-state index in [2.05, 4.69) is 21.9 Å². The number of hydrogen-bond donors (Lipinski definition) is 3. The third kappa shape index (κ3) is 5.55. The fourth-order valence-corrected chi connectivity index (χ4v) is 1.02. The van der Waals surface area contributed by atoms with Crippen LogP contribution in [0, 0.1) is 0 Å². The Hall–Kier alpha value is -2.05. The van der Waals surface area contributed by atoms with Gasteiger partial charge in [0.1, 0.15) is 12.1 Å². The van der Waals surface area contributed by atoms with Crippen LogP contribution in [0.5, 0.6) is 0 Å². The van der Waals surface area contributed by atoms with Crippen LogP contribution in [-0.4, -0.2) is 42.3 Å². The molecule has 0 rings (SSSR count). The van der Waals surface area contributed by atoms with Crippen molar-refractivity contribution in [3.05, 3.63) is 12.7 Å². The standard InChI is InChI=1S/C10H16N2O5/c1-4-5-7(8(13)14)12-10(16)11-6(2)9(15)17-3/h4,6-7H,1,5H2,2-3H3,(H,13,14)(H2,11,12,16). The van der Waals surface area contributed by atoms with Gasteiger partial charge in [0.25, 0.3) is 0 Å². The zero-order chi connectivity index (χ0) is 13.4. The van der Waals surface area contributed by atoms with E-state index in [1.807, 2.05) is 0 Å². The Kier molecular flexibility index (Phi) is 6.39. The zero-order valence-corrected chi connectivity index (χ0v) is 9.73. The lowest BCUT2D eigenvalue weighted by Gasteiger charge is -2.16. The second-order valence-corrected chi connectivity index (χ2v) is 3.28. The predicted molar refractivity (Wildman–Crippen MR) is 59.4 cm³/mol. The van der Waals surface area contributed by atoms with Crippen LogP contribution in [0.25, 0.3) is 0 Å². The zero-order valence-electron chi connectivity index (χ0n) is 9.73. The highest BCUT2D eigenvalue weighted by Gasteiger charge is 2.21. The number of methoxy groups -OCH3 is 1. The summed E-state index contributed by atoms with van der Waals surface area (Å²) in [5, 5.41) is 13.2. The molecule has 0 aromatic carbocycles. The van der Waals surface area contributed by atoms with Gasteiger partial charge in [-0.25, -0.2) is 14.4 Å². The summed E-state index contributed by atoms with van der Waals surface area (Å²) in [6, 6.07) is -2.67. The number of rotatable bonds is 6. The molecule has 2 unspecified atom stereocenters. The van der Waals surface area contributed by atoms with E-state index in [1.54, 1.807) is 0 Å². The van der Waals surface area contributed by atoms with Gasteiger partial charge in [0, 0.05) is 0 Å². The highest BCUT2D eigenvalue weighted by molar-refractivity contribution is 5.86. The third-order valence-corrected chi connectivity index (χ3v) is 1.91. The molecule has 0 aliphatic heterocycles. The molecular formula is C10H16N2O5. The van der Waals surface area contributed by atoms with Gasteiger partial charge in [-0.2, -0.15) is 0 Å². The van der Waals surface area contributed by atoms with Crippen molar-refractivity contribution in [2.45, 2.75) is 25.4 Å². The molecule has 7 heteroatoms. The van der Waals surface area contributed by atoms with E-state index in [4.69, 9.17) is 5.11 Å². The van der Waals surface area contributed by atoms with E-state index in [0.717, 1.165) is 0 Å². The first-order valence-corrected chi connectivity index (χ1v) is 4.91. The molecule has 0 bridgehead atoms. The van der Waals surface area contributed by atoms with Crippen LogP contribution in [0.15, 0.2) is 12.7 Å². The fourth-order valence-electron chi connectivity index (χ4n) is 1.02. The summed E-state index contributed by atoms with van der Waals surface area (Å²) >= 11 is 0. The second-order valence-electron chi connectivity index (χ2n) is 3.28.